The van der Waals surface area contributed by atoms with Crippen LogP contribution in [0.1, 0.15) is 11.4 Å². The Balaban J connectivity index is 1.63. The van der Waals surface area contributed by atoms with Gasteiger partial charge in [-0.05, 0) is 29.8 Å². The smallest absolute Gasteiger partial charge is 0.244 e. The Labute approximate surface area is 175 Å². The number of aromatic nitrogens is 2. The van der Waals surface area contributed by atoms with Gasteiger partial charge in [-0.2, -0.15) is 0 Å². The zero-order chi connectivity index (χ0) is 20.9. The maximum absolute atomic E-state index is 12.9. The maximum atomic E-state index is 12.9. The highest BCUT2D eigenvalue weighted by atomic mass is 16.5. The molecule has 152 valence electrons. The number of amides is 1. The molecule has 0 saturated carbocycles. The van der Waals surface area contributed by atoms with E-state index in [9.17, 15) is 4.79 Å². The Morgan fingerprint density at radius 1 is 0.967 bits per heavy atom. The van der Waals surface area contributed by atoms with Gasteiger partial charge < -0.3 is 19.4 Å². The molecule has 4 aromatic rings. The number of hydrogen-bond donors (Lipinski definition) is 1. The third-order valence-corrected chi connectivity index (χ3v) is 4.92. The van der Waals surface area contributed by atoms with E-state index in [-0.39, 0.29) is 12.5 Å². The SMILES string of the molecule is COc1ccc(OC)c(NC(=O)Cn2c(Cc3ccccc3)nc3ccccc32)c1. The fourth-order valence-electron chi connectivity index (χ4n) is 3.46. The van der Waals surface area contributed by atoms with Crippen molar-refractivity contribution in [2.75, 3.05) is 19.5 Å². The minimum Gasteiger partial charge on any atom is -0.497 e. The molecule has 0 bridgehead atoms. The minimum atomic E-state index is -0.168. The lowest BCUT2D eigenvalue weighted by Gasteiger charge is -2.13. The normalized spacial score (nSPS) is 10.7. The summed E-state index contributed by atoms with van der Waals surface area (Å²) in [7, 11) is 3.15. The highest BCUT2D eigenvalue weighted by molar-refractivity contribution is 5.93. The van der Waals surface area contributed by atoms with Gasteiger partial charge in [0.1, 0.15) is 23.9 Å². The average molecular weight is 401 g/mol. The summed E-state index contributed by atoms with van der Waals surface area (Å²) in [4.78, 5) is 17.7. The standard InChI is InChI=1S/C24H23N3O3/c1-29-18-12-13-22(30-2)20(15-18)26-24(28)16-27-21-11-7-6-10-19(21)25-23(27)14-17-8-4-3-5-9-17/h3-13,15H,14,16H2,1-2H3,(H,26,28). The van der Waals surface area contributed by atoms with Crippen LogP contribution in [0.3, 0.4) is 0 Å². The molecule has 3 aromatic carbocycles. The highest BCUT2D eigenvalue weighted by Crippen LogP contribution is 2.29. The van der Waals surface area contributed by atoms with Gasteiger partial charge in [-0.25, -0.2) is 4.98 Å². The molecule has 1 amide bonds. The van der Waals surface area contributed by atoms with Crippen molar-refractivity contribution in [2.45, 2.75) is 13.0 Å². The number of rotatable bonds is 7. The fraction of sp³-hybridized carbons (Fsp3) is 0.167. The Kier molecular flexibility index (Phi) is 5.66. The Morgan fingerprint density at radius 2 is 1.73 bits per heavy atom. The summed E-state index contributed by atoms with van der Waals surface area (Å²) in [5.41, 5.74) is 3.51. The lowest BCUT2D eigenvalue weighted by Crippen LogP contribution is -2.20. The summed E-state index contributed by atoms with van der Waals surface area (Å²) in [5, 5.41) is 2.94. The number of para-hydroxylation sites is 2. The van der Waals surface area contributed by atoms with E-state index in [2.05, 4.69) is 17.4 Å². The summed E-state index contributed by atoms with van der Waals surface area (Å²) in [6, 6.07) is 23.3. The fourth-order valence-corrected chi connectivity index (χ4v) is 3.46. The highest BCUT2D eigenvalue weighted by Gasteiger charge is 2.15. The van der Waals surface area contributed by atoms with Gasteiger partial charge in [0.25, 0.3) is 0 Å². The number of nitrogens with zero attached hydrogens (tertiary/aromatic N) is 2. The van der Waals surface area contributed by atoms with Gasteiger partial charge in [0.2, 0.25) is 5.91 Å². The second-order valence-electron chi connectivity index (χ2n) is 6.88. The predicted molar refractivity (Wildman–Crippen MR) is 117 cm³/mol. The number of carbonyl (C=O) groups is 1. The second kappa shape index (κ2) is 8.69. The molecule has 0 aliphatic heterocycles. The van der Waals surface area contributed by atoms with E-state index in [0.29, 0.717) is 23.6 Å². The van der Waals surface area contributed by atoms with Gasteiger partial charge in [0.05, 0.1) is 30.9 Å². The van der Waals surface area contributed by atoms with Crippen LogP contribution in [-0.4, -0.2) is 29.7 Å². The first-order valence-corrected chi connectivity index (χ1v) is 9.68. The molecule has 6 heteroatoms. The summed E-state index contributed by atoms with van der Waals surface area (Å²) < 4.78 is 12.6. The predicted octanol–water partition coefficient (Wildman–Crippen LogP) is 4.28. The number of fused-ring (bicyclic) bond motifs is 1. The molecule has 0 aliphatic rings. The second-order valence-corrected chi connectivity index (χ2v) is 6.88. The monoisotopic (exact) mass is 401 g/mol. The molecule has 1 aromatic heterocycles. The molecule has 6 nitrogen and oxygen atoms in total. The minimum absolute atomic E-state index is 0.142. The first kappa shape index (κ1) is 19.5. The van der Waals surface area contributed by atoms with E-state index < -0.39 is 0 Å². The van der Waals surface area contributed by atoms with Gasteiger partial charge in [-0.1, -0.05) is 42.5 Å². The van der Waals surface area contributed by atoms with Crippen molar-refractivity contribution >= 4 is 22.6 Å². The third-order valence-electron chi connectivity index (χ3n) is 4.92. The van der Waals surface area contributed by atoms with Gasteiger partial charge in [0.15, 0.2) is 0 Å². The van der Waals surface area contributed by atoms with E-state index in [1.165, 1.54) is 0 Å². The van der Waals surface area contributed by atoms with Crippen molar-refractivity contribution in [3.63, 3.8) is 0 Å². The third kappa shape index (κ3) is 4.12. The first-order chi connectivity index (χ1) is 14.7. The van der Waals surface area contributed by atoms with E-state index in [0.717, 1.165) is 22.4 Å². The summed E-state index contributed by atoms with van der Waals surface area (Å²) in [5.74, 6) is 1.89. The van der Waals surface area contributed by atoms with Crippen LogP contribution < -0.4 is 14.8 Å². The zero-order valence-corrected chi connectivity index (χ0v) is 17.0. The Hall–Kier alpha value is -3.80. The summed E-state index contributed by atoms with van der Waals surface area (Å²) in [6.07, 6.45) is 0.644. The Morgan fingerprint density at radius 3 is 2.50 bits per heavy atom. The molecule has 0 radical (unpaired) electrons. The topological polar surface area (TPSA) is 65.4 Å². The number of nitrogens with one attached hydrogen (secondary N) is 1. The van der Waals surface area contributed by atoms with Crippen LogP contribution in [0.4, 0.5) is 5.69 Å². The van der Waals surface area contributed by atoms with Crippen LogP contribution in [0.15, 0.2) is 72.8 Å². The van der Waals surface area contributed by atoms with Gasteiger partial charge in [-0.3, -0.25) is 4.79 Å². The molecular weight excluding hydrogens is 378 g/mol. The quantitative estimate of drug-likeness (QED) is 0.502. The summed E-state index contributed by atoms with van der Waals surface area (Å²) >= 11 is 0. The molecule has 4 rings (SSSR count). The molecule has 0 spiro atoms. The molecular formula is C24H23N3O3. The van der Waals surface area contributed by atoms with Crippen LogP contribution in [0, 0.1) is 0 Å². The lowest BCUT2D eigenvalue weighted by atomic mass is 10.1. The number of methoxy groups -OCH3 is 2. The van der Waals surface area contributed by atoms with Gasteiger partial charge in [-0.15, -0.1) is 0 Å². The number of imidazole rings is 1. The van der Waals surface area contributed by atoms with Crippen molar-refractivity contribution in [3.05, 3.63) is 84.2 Å². The van der Waals surface area contributed by atoms with Crippen molar-refractivity contribution in [3.8, 4) is 11.5 Å². The van der Waals surface area contributed by atoms with Crippen molar-refractivity contribution < 1.29 is 14.3 Å². The molecule has 0 fully saturated rings. The number of anilines is 1. The molecule has 1 heterocycles. The molecule has 0 unspecified atom stereocenters. The largest absolute Gasteiger partial charge is 0.497 e. The molecule has 30 heavy (non-hydrogen) atoms. The van der Waals surface area contributed by atoms with Gasteiger partial charge in [0, 0.05) is 12.5 Å². The Bertz CT molecular complexity index is 1170. The number of hydrogen-bond acceptors (Lipinski definition) is 4. The summed E-state index contributed by atoms with van der Waals surface area (Å²) in [6.45, 7) is 0.142. The van der Waals surface area contributed by atoms with E-state index in [1.54, 1.807) is 32.4 Å². The van der Waals surface area contributed by atoms with Crippen molar-refractivity contribution in [2.24, 2.45) is 0 Å². The van der Waals surface area contributed by atoms with Crippen LogP contribution in [0.5, 0.6) is 11.5 Å². The maximum Gasteiger partial charge on any atom is 0.244 e. The first-order valence-electron chi connectivity index (χ1n) is 9.68. The van der Waals surface area contributed by atoms with Crippen LogP contribution >= 0.6 is 0 Å². The van der Waals surface area contributed by atoms with Gasteiger partial charge >= 0.3 is 0 Å². The average Bonchev–Trinajstić information content (AvgIpc) is 3.11. The van der Waals surface area contributed by atoms with E-state index in [1.807, 2.05) is 47.0 Å². The van der Waals surface area contributed by atoms with Crippen LogP contribution in [-0.2, 0) is 17.8 Å². The van der Waals surface area contributed by atoms with Crippen molar-refractivity contribution in [1.29, 1.82) is 0 Å². The van der Waals surface area contributed by atoms with E-state index in [4.69, 9.17) is 14.5 Å². The molecule has 0 aliphatic carbocycles. The number of ether oxygens (including phenoxy) is 2. The number of benzene rings is 3. The van der Waals surface area contributed by atoms with E-state index >= 15 is 0 Å². The zero-order valence-electron chi connectivity index (χ0n) is 17.0. The molecule has 0 saturated heterocycles. The molecule has 0 atom stereocenters. The van der Waals surface area contributed by atoms with Crippen LogP contribution in [0.2, 0.25) is 0 Å². The lowest BCUT2D eigenvalue weighted by molar-refractivity contribution is -0.116. The molecule has 1 N–H and O–H groups in total. The van der Waals surface area contributed by atoms with Crippen molar-refractivity contribution in [1.82, 2.24) is 9.55 Å². The van der Waals surface area contributed by atoms with Crippen LogP contribution in [0.25, 0.3) is 11.0 Å². The number of carbonyl (C=O) groups excluding carboxylic acids is 1.